The number of amides is 1. The summed E-state index contributed by atoms with van der Waals surface area (Å²) in [5.41, 5.74) is 1.87. The molecule has 7 heteroatoms. The molecule has 0 atom stereocenters. The molecule has 2 aromatic heterocycles. The molecule has 0 spiro atoms. The Balaban J connectivity index is 1.51. The molecule has 4 rings (SSSR count). The normalized spacial score (nSPS) is 19.0. The van der Waals surface area contributed by atoms with Gasteiger partial charge in [-0.25, -0.2) is 0 Å². The molecular formula is C15H20N6O. The summed E-state index contributed by atoms with van der Waals surface area (Å²) in [5, 5.41) is 13.0. The van der Waals surface area contributed by atoms with E-state index in [1.807, 2.05) is 28.6 Å². The third-order valence-electron chi connectivity index (χ3n) is 4.51. The zero-order valence-electron chi connectivity index (χ0n) is 12.8. The lowest BCUT2D eigenvalue weighted by Crippen LogP contribution is -2.48. The average Bonchev–Trinajstić information content (AvgIpc) is 3.33. The predicted octanol–water partition coefficient (Wildman–Crippen LogP) is 1.06. The first-order chi connectivity index (χ1) is 10.8. The summed E-state index contributed by atoms with van der Waals surface area (Å²) in [6.45, 7) is 5.14. The number of hydrogen-bond acceptors (Lipinski definition) is 5. The van der Waals surface area contributed by atoms with Crippen LogP contribution >= 0.6 is 0 Å². The summed E-state index contributed by atoms with van der Waals surface area (Å²) in [5.74, 6) is 1.76. The molecule has 2 fully saturated rings. The molecule has 116 valence electrons. The van der Waals surface area contributed by atoms with E-state index in [1.54, 1.807) is 0 Å². The van der Waals surface area contributed by atoms with Crippen molar-refractivity contribution >= 4 is 17.2 Å². The lowest BCUT2D eigenvalue weighted by atomic mass is 10.2. The Bertz CT molecular complexity index is 699. The van der Waals surface area contributed by atoms with E-state index in [1.165, 1.54) is 12.8 Å². The van der Waals surface area contributed by atoms with Gasteiger partial charge in [0.1, 0.15) is 0 Å². The van der Waals surface area contributed by atoms with Crippen molar-refractivity contribution in [1.82, 2.24) is 24.7 Å². The minimum absolute atomic E-state index is 0.236. The highest BCUT2D eigenvalue weighted by Gasteiger charge is 2.29. The van der Waals surface area contributed by atoms with Crippen LogP contribution in [-0.4, -0.2) is 56.8 Å². The number of piperazine rings is 1. The Kier molecular flexibility index (Phi) is 3.20. The maximum atomic E-state index is 11.7. The Morgan fingerprint density at radius 1 is 1.23 bits per heavy atom. The standard InChI is InChI=1S/C15H20N6O/c1-2-14(22)20-7-5-19(6-8-20)12-9-13-17-18-15(11-3-4-11)21(13)16-10-12/h9-11H,2-8H2,1H3. The van der Waals surface area contributed by atoms with E-state index in [2.05, 4.69) is 20.2 Å². The van der Waals surface area contributed by atoms with E-state index < -0.39 is 0 Å². The molecule has 0 unspecified atom stereocenters. The monoisotopic (exact) mass is 300 g/mol. The molecule has 7 nitrogen and oxygen atoms in total. The van der Waals surface area contributed by atoms with Crippen LogP contribution in [0.25, 0.3) is 5.65 Å². The molecule has 1 aliphatic heterocycles. The van der Waals surface area contributed by atoms with E-state index in [0.29, 0.717) is 12.3 Å². The molecule has 0 radical (unpaired) electrons. The van der Waals surface area contributed by atoms with Gasteiger partial charge in [0.05, 0.1) is 11.9 Å². The third kappa shape index (κ3) is 2.30. The van der Waals surface area contributed by atoms with Gasteiger partial charge >= 0.3 is 0 Å². The van der Waals surface area contributed by atoms with Crippen molar-refractivity contribution in [1.29, 1.82) is 0 Å². The van der Waals surface area contributed by atoms with Crippen LogP contribution in [-0.2, 0) is 4.79 Å². The van der Waals surface area contributed by atoms with Crippen molar-refractivity contribution in [3.8, 4) is 0 Å². The van der Waals surface area contributed by atoms with Crippen LogP contribution in [0.15, 0.2) is 12.3 Å². The van der Waals surface area contributed by atoms with E-state index >= 15 is 0 Å². The van der Waals surface area contributed by atoms with E-state index in [4.69, 9.17) is 0 Å². The highest BCUT2D eigenvalue weighted by Crippen LogP contribution is 2.38. The van der Waals surface area contributed by atoms with E-state index in [9.17, 15) is 4.79 Å². The summed E-state index contributed by atoms with van der Waals surface area (Å²) >= 11 is 0. The van der Waals surface area contributed by atoms with Crippen LogP contribution < -0.4 is 4.90 Å². The topological polar surface area (TPSA) is 66.6 Å². The van der Waals surface area contributed by atoms with Crippen molar-refractivity contribution < 1.29 is 4.79 Å². The van der Waals surface area contributed by atoms with Gasteiger partial charge < -0.3 is 9.80 Å². The molecule has 1 saturated carbocycles. The second kappa shape index (κ2) is 5.23. The zero-order chi connectivity index (χ0) is 15.1. The van der Waals surface area contributed by atoms with Gasteiger partial charge in [-0.3, -0.25) is 4.79 Å². The number of nitrogens with zero attached hydrogens (tertiary/aromatic N) is 6. The maximum Gasteiger partial charge on any atom is 0.222 e. The lowest BCUT2D eigenvalue weighted by molar-refractivity contribution is -0.131. The first-order valence-corrected chi connectivity index (χ1v) is 8.00. The first kappa shape index (κ1) is 13.5. The summed E-state index contributed by atoms with van der Waals surface area (Å²) < 4.78 is 1.86. The Labute approximate surface area is 128 Å². The molecule has 0 bridgehead atoms. The second-order valence-electron chi connectivity index (χ2n) is 6.04. The molecular weight excluding hydrogens is 280 g/mol. The smallest absolute Gasteiger partial charge is 0.222 e. The van der Waals surface area contributed by atoms with Gasteiger partial charge in [0.25, 0.3) is 0 Å². The summed E-state index contributed by atoms with van der Waals surface area (Å²) in [6.07, 6.45) is 4.85. The molecule has 1 saturated heterocycles. The molecule has 1 aliphatic carbocycles. The van der Waals surface area contributed by atoms with Gasteiger partial charge in [-0.05, 0) is 12.8 Å². The van der Waals surface area contributed by atoms with Crippen molar-refractivity contribution in [2.24, 2.45) is 0 Å². The molecule has 0 N–H and O–H groups in total. The number of carbonyl (C=O) groups excluding carboxylic acids is 1. The third-order valence-corrected chi connectivity index (χ3v) is 4.51. The van der Waals surface area contributed by atoms with Gasteiger partial charge in [-0.15, -0.1) is 10.2 Å². The van der Waals surface area contributed by atoms with Gasteiger partial charge in [0.2, 0.25) is 5.91 Å². The van der Waals surface area contributed by atoms with Crippen LogP contribution in [0.1, 0.15) is 37.9 Å². The molecule has 3 heterocycles. The van der Waals surface area contributed by atoms with Gasteiger partial charge in [0.15, 0.2) is 11.5 Å². The van der Waals surface area contributed by atoms with Crippen LogP contribution in [0.5, 0.6) is 0 Å². The highest BCUT2D eigenvalue weighted by molar-refractivity contribution is 5.76. The van der Waals surface area contributed by atoms with Crippen LogP contribution in [0.3, 0.4) is 0 Å². The van der Waals surface area contributed by atoms with E-state index in [-0.39, 0.29) is 5.91 Å². The maximum absolute atomic E-state index is 11.7. The Morgan fingerprint density at radius 2 is 2.00 bits per heavy atom. The van der Waals surface area contributed by atoms with Crippen LogP contribution in [0.4, 0.5) is 5.69 Å². The molecule has 2 aliphatic rings. The zero-order valence-corrected chi connectivity index (χ0v) is 12.8. The van der Waals surface area contributed by atoms with E-state index in [0.717, 1.165) is 43.3 Å². The molecule has 22 heavy (non-hydrogen) atoms. The van der Waals surface area contributed by atoms with Gasteiger partial charge in [0, 0.05) is 44.6 Å². The first-order valence-electron chi connectivity index (χ1n) is 8.00. The van der Waals surface area contributed by atoms with Crippen molar-refractivity contribution in [3.63, 3.8) is 0 Å². The van der Waals surface area contributed by atoms with Gasteiger partial charge in [-0.2, -0.15) is 9.61 Å². The molecule has 1 amide bonds. The SMILES string of the molecule is CCC(=O)N1CCN(c2cnn3c(C4CC4)nnc3c2)CC1. The highest BCUT2D eigenvalue weighted by atomic mass is 16.2. The molecule has 0 aromatic carbocycles. The summed E-state index contributed by atoms with van der Waals surface area (Å²) in [4.78, 5) is 15.9. The minimum atomic E-state index is 0.236. The summed E-state index contributed by atoms with van der Waals surface area (Å²) in [7, 11) is 0. The number of hydrogen-bond donors (Lipinski definition) is 0. The number of fused-ring (bicyclic) bond motifs is 1. The van der Waals surface area contributed by atoms with Crippen LogP contribution in [0, 0.1) is 0 Å². The van der Waals surface area contributed by atoms with Crippen molar-refractivity contribution in [3.05, 3.63) is 18.1 Å². The number of aromatic nitrogens is 4. The Hall–Kier alpha value is -2.18. The predicted molar refractivity (Wildman–Crippen MR) is 81.8 cm³/mol. The number of carbonyl (C=O) groups is 1. The average molecular weight is 300 g/mol. The van der Waals surface area contributed by atoms with Gasteiger partial charge in [-0.1, -0.05) is 6.92 Å². The quantitative estimate of drug-likeness (QED) is 0.848. The number of rotatable bonds is 3. The second-order valence-corrected chi connectivity index (χ2v) is 6.04. The summed E-state index contributed by atoms with van der Waals surface area (Å²) in [6, 6.07) is 2.04. The fourth-order valence-corrected chi connectivity index (χ4v) is 3.01. The fourth-order valence-electron chi connectivity index (χ4n) is 3.01. The van der Waals surface area contributed by atoms with Crippen LogP contribution in [0.2, 0.25) is 0 Å². The largest absolute Gasteiger partial charge is 0.367 e. The number of anilines is 1. The fraction of sp³-hybridized carbons (Fsp3) is 0.600. The van der Waals surface area contributed by atoms with Crippen molar-refractivity contribution in [2.75, 3.05) is 31.1 Å². The minimum Gasteiger partial charge on any atom is -0.367 e. The molecule has 2 aromatic rings. The Morgan fingerprint density at radius 3 is 2.68 bits per heavy atom. The van der Waals surface area contributed by atoms with Crippen molar-refractivity contribution in [2.45, 2.75) is 32.1 Å². The lowest BCUT2D eigenvalue weighted by Gasteiger charge is -2.35.